The molecule has 0 amide bonds. The highest BCUT2D eigenvalue weighted by atomic mass is 16.5. The van der Waals surface area contributed by atoms with E-state index < -0.39 is 5.97 Å². The molecule has 0 unspecified atom stereocenters. The predicted octanol–water partition coefficient (Wildman–Crippen LogP) is 4.62. The molecule has 2 aromatic carbocycles. The molecule has 5 nitrogen and oxygen atoms in total. The molecular weight excluding hydrogens is 366 g/mol. The summed E-state index contributed by atoms with van der Waals surface area (Å²) < 4.78 is 5.21. The number of rotatable bonds is 5. The van der Waals surface area contributed by atoms with Crippen molar-refractivity contribution in [2.75, 3.05) is 6.61 Å². The quantitative estimate of drug-likeness (QED) is 0.510. The van der Waals surface area contributed by atoms with E-state index in [-0.39, 0.29) is 23.5 Å². The third-order valence-corrected chi connectivity index (χ3v) is 5.61. The van der Waals surface area contributed by atoms with Crippen LogP contribution in [0.3, 0.4) is 0 Å². The fourth-order valence-electron chi connectivity index (χ4n) is 4.04. The fraction of sp³-hybridized carbons (Fsp3) is 0.292. The Labute approximate surface area is 168 Å². The first-order valence-electron chi connectivity index (χ1n) is 10.0. The third kappa shape index (κ3) is 4.29. The van der Waals surface area contributed by atoms with Crippen molar-refractivity contribution in [3.05, 3.63) is 81.6 Å². The van der Waals surface area contributed by atoms with Gasteiger partial charge in [0.25, 0.3) is 0 Å². The van der Waals surface area contributed by atoms with Gasteiger partial charge in [-0.15, -0.1) is 0 Å². The topological polar surface area (TPSA) is 76.2 Å². The summed E-state index contributed by atoms with van der Waals surface area (Å²) in [5, 5.41) is 0.585. The minimum atomic E-state index is -0.681. The number of aromatic nitrogens is 1. The molecule has 29 heavy (non-hydrogen) atoms. The van der Waals surface area contributed by atoms with E-state index in [9.17, 15) is 14.4 Å². The minimum Gasteiger partial charge on any atom is -0.454 e. The Kier molecular flexibility index (Phi) is 5.56. The van der Waals surface area contributed by atoms with Gasteiger partial charge in [-0.25, -0.2) is 4.79 Å². The molecule has 1 saturated carbocycles. The number of benzene rings is 2. The highest BCUT2D eigenvalue weighted by Crippen LogP contribution is 2.32. The minimum absolute atomic E-state index is 0.157. The molecule has 0 atom stereocenters. The summed E-state index contributed by atoms with van der Waals surface area (Å²) in [6.07, 6.45) is 6.24. The van der Waals surface area contributed by atoms with E-state index in [0.717, 1.165) is 0 Å². The van der Waals surface area contributed by atoms with Gasteiger partial charge in [-0.2, -0.15) is 0 Å². The maximum Gasteiger partial charge on any atom is 0.339 e. The second-order valence-electron chi connectivity index (χ2n) is 7.55. The lowest BCUT2D eigenvalue weighted by molar-refractivity contribution is 0.0476. The van der Waals surface area contributed by atoms with Crippen LogP contribution in [0.4, 0.5) is 0 Å². The predicted molar refractivity (Wildman–Crippen MR) is 111 cm³/mol. The molecule has 0 aliphatic heterocycles. The smallest absolute Gasteiger partial charge is 0.339 e. The summed E-state index contributed by atoms with van der Waals surface area (Å²) in [4.78, 5) is 39.4. The molecule has 0 bridgehead atoms. The number of nitrogens with one attached hydrogen (secondary N) is 1. The van der Waals surface area contributed by atoms with Gasteiger partial charge >= 0.3 is 5.97 Å². The van der Waals surface area contributed by atoms with Crippen LogP contribution in [0.5, 0.6) is 0 Å². The van der Waals surface area contributed by atoms with Gasteiger partial charge in [0.2, 0.25) is 5.56 Å². The zero-order valence-electron chi connectivity index (χ0n) is 16.1. The van der Waals surface area contributed by atoms with Gasteiger partial charge in [0.15, 0.2) is 12.4 Å². The largest absolute Gasteiger partial charge is 0.454 e. The van der Waals surface area contributed by atoms with Crippen molar-refractivity contribution in [3.8, 4) is 0 Å². The zero-order chi connectivity index (χ0) is 20.2. The number of Topliss-reactive ketones (excluding diaryl/α,β-unsaturated/α-hetero) is 1. The molecule has 1 aliphatic carbocycles. The second kappa shape index (κ2) is 8.43. The number of para-hydroxylation sites is 1. The number of ketones is 1. The number of hydrogen-bond acceptors (Lipinski definition) is 4. The normalized spacial score (nSPS) is 14.6. The van der Waals surface area contributed by atoms with Crippen LogP contribution in [0.15, 0.2) is 59.4 Å². The summed E-state index contributed by atoms with van der Waals surface area (Å²) in [6, 6.07) is 15.8. The second-order valence-corrected chi connectivity index (χ2v) is 7.55. The van der Waals surface area contributed by atoms with Crippen LogP contribution in [-0.4, -0.2) is 23.3 Å². The van der Waals surface area contributed by atoms with Crippen molar-refractivity contribution in [2.45, 2.75) is 38.0 Å². The number of fused-ring (bicyclic) bond motifs is 1. The maximum atomic E-state index is 12.5. The summed E-state index contributed by atoms with van der Waals surface area (Å²) in [6.45, 7) is -0.358. The maximum absolute atomic E-state index is 12.5. The molecule has 5 heteroatoms. The molecule has 1 fully saturated rings. The van der Waals surface area contributed by atoms with E-state index in [0.29, 0.717) is 22.4 Å². The summed E-state index contributed by atoms with van der Waals surface area (Å²) in [5.74, 6) is -0.364. The number of carbonyl (C=O) groups excluding carboxylic acids is 2. The average molecular weight is 389 g/mol. The number of pyridine rings is 1. The van der Waals surface area contributed by atoms with Crippen LogP contribution >= 0.6 is 0 Å². The highest BCUT2D eigenvalue weighted by molar-refractivity contribution is 6.05. The van der Waals surface area contributed by atoms with Crippen molar-refractivity contribution < 1.29 is 14.3 Å². The number of esters is 1. The van der Waals surface area contributed by atoms with Crippen molar-refractivity contribution >= 4 is 22.7 Å². The van der Waals surface area contributed by atoms with Crippen LogP contribution in [0, 0.1) is 0 Å². The number of ether oxygens (including phenoxy) is 1. The van der Waals surface area contributed by atoms with Gasteiger partial charge in [0, 0.05) is 22.5 Å². The molecular formula is C24H23NO4. The number of hydrogen-bond donors (Lipinski definition) is 1. The lowest BCUT2D eigenvalue weighted by atomic mass is 9.84. The van der Waals surface area contributed by atoms with Gasteiger partial charge in [0.1, 0.15) is 0 Å². The zero-order valence-corrected chi connectivity index (χ0v) is 16.1. The van der Waals surface area contributed by atoms with Crippen LogP contribution < -0.4 is 5.56 Å². The van der Waals surface area contributed by atoms with Crippen LogP contribution in [0.1, 0.15) is 64.3 Å². The molecule has 148 valence electrons. The lowest BCUT2D eigenvalue weighted by Crippen LogP contribution is -2.17. The standard InChI is InChI=1S/C24H23NO4/c26-22(18-12-10-17(11-13-18)16-6-2-1-3-7-16)15-29-24(28)20-14-23(27)25-21-9-5-4-8-19(20)21/h4-5,8-14,16H,1-3,6-7,15H2,(H,25,27). The lowest BCUT2D eigenvalue weighted by Gasteiger charge is -2.22. The summed E-state index contributed by atoms with van der Waals surface area (Å²) in [5.41, 5.74) is 2.11. The molecule has 1 aromatic heterocycles. The molecule has 1 aliphatic rings. The van der Waals surface area contributed by atoms with Crippen molar-refractivity contribution in [1.82, 2.24) is 4.98 Å². The highest BCUT2D eigenvalue weighted by Gasteiger charge is 2.18. The van der Waals surface area contributed by atoms with Crippen LogP contribution in [0.2, 0.25) is 0 Å². The summed E-state index contributed by atoms with van der Waals surface area (Å²) >= 11 is 0. The van der Waals surface area contributed by atoms with E-state index in [1.54, 1.807) is 24.3 Å². The Hall–Kier alpha value is -3.21. The van der Waals surface area contributed by atoms with Crippen molar-refractivity contribution in [3.63, 3.8) is 0 Å². The Balaban J connectivity index is 1.43. The van der Waals surface area contributed by atoms with Gasteiger partial charge in [-0.3, -0.25) is 9.59 Å². The first-order valence-corrected chi connectivity index (χ1v) is 10.0. The molecule has 4 rings (SSSR count). The van der Waals surface area contributed by atoms with E-state index in [2.05, 4.69) is 4.98 Å². The van der Waals surface area contributed by atoms with Gasteiger partial charge < -0.3 is 9.72 Å². The molecule has 0 radical (unpaired) electrons. The molecule has 1 heterocycles. The Morgan fingerprint density at radius 1 is 0.966 bits per heavy atom. The first-order chi connectivity index (χ1) is 14.1. The van der Waals surface area contributed by atoms with Crippen molar-refractivity contribution in [2.24, 2.45) is 0 Å². The average Bonchev–Trinajstić information content (AvgIpc) is 2.77. The van der Waals surface area contributed by atoms with Crippen molar-refractivity contribution in [1.29, 1.82) is 0 Å². The molecule has 3 aromatic rings. The van der Waals surface area contributed by atoms with E-state index >= 15 is 0 Å². The van der Waals surface area contributed by atoms with E-state index in [1.165, 1.54) is 43.7 Å². The molecule has 0 spiro atoms. The molecule has 0 saturated heterocycles. The Morgan fingerprint density at radius 3 is 2.45 bits per heavy atom. The Bertz CT molecular complexity index is 1090. The van der Waals surface area contributed by atoms with Gasteiger partial charge in [-0.05, 0) is 30.4 Å². The van der Waals surface area contributed by atoms with Gasteiger partial charge in [-0.1, -0.05) is 61.7 Å². The van der Waals surface area contributed by atoms with Crippen LogP contribution in [0.25, 0.3) is 10.9 Å². The van der Waals surface area contributed by atoms with Crippen LogP contribution in [-0.2, 0) is 4.74 Å². The number of H-pyrrole nitrogens is 1. The Morgan fingerprint density at radius 2 is 1.69 bits per heavy atom. The van der Waals surface area contributed by atoms with E-state index in [1.807, 2.05) is 24.3 Å². The van der Waals surface area contributed by atoms with E-state index in [4.69, 9.17) is 4.74 Å². The SMILES string of the molecule is O=C(COC(=O)c1cc(=O)[nH]c2ccccc12)c1ccc(C2CCCCC2)cc1. The fourth-order valence-corrected chi connectivity index (χ4v) is 4.04. The molecule has 1 N–H and O–H groups in total. The number of aromatic amines is 1. The monoisotopic (exact) mass is 389 g/mol. The third-order valence-electron chi connectivity index (χ3n) is 5.61. The summed E-state index contributed by atoms with van der Waals surface area (Å²) in [7, 11) is 0. The first kappa shape index (κ1) is 19.1. The number of carbonyl (C=O) groups is 2. The van der Waals surface area contributed by atoms with Gasteiger partial charge in [0.05, 0.1) is 5.56 Å².